The second-order valence-corrected chi connectivity index (χ2v) is 7.07. The maximum Gasteiger partial charge on any atom is 0.239 e. The molecule has 0 heterocycles. The molecule has 1 fully saturated rings. The minimum Gasteiger partial charge on any atom is -0.325 e. The Morgan fingerprint density at radius 2 is 1.90 bits per heavy atom. The van der Waals surface area contributed by atoms with Crippen LogP contribution in [0.25, 0.3) is 0 Å². The molecule has 1 saturated carbocycles. The van der Waals surface area contributed by atoms with E-state index in [4.69, 9.17) is 0 Å². The highest BCUT2D eigenvalue weighted by Crippen LogP contribution is 2.28. The van der Waals surface area contributed by atoms with Gasteiger partial charge >= 0.3 is 0 Å². The highest BCUT2D eigenvalue weighted by molar-refractivity contribution is 7.88. The first-order valence-corrected chi connectivity index (χ1v) is 8.60. The number of aryl methyl sites for hydroxylation is 1. The van der Waals surface area contributed by atoms with E-state index in [0.717, 1.165) is 25.5 Å². The van der Waals surface area contributed by atoms with E-state index >= 15 is 0 Å². The van der Waals surface area contributed by atoms with Gasteiger partial charge in [0.15, 0.2) is 0 Å². The number of hydrogen-bond acceptors (Lipinski definition) is 3. The average molecular weight is 296 g/mol. The van der Waals surface area contributed by atoms with Gasteiger partial charge in [-0.05, 0) is 37.0 Å². The van der Waals surface area contributed by atoms with Crippen LogP contribution in [0, 0.1) is 0 Å². The first-order chi connectivity index (χ1) is 9.40. The number of carbonyl (C=O) groups excluding carboxylic acids is 1. The zero-order valence-corrected chi connectivity index (χ0v) is 12.6. The molecule has 20 heavy (non-hydrogen) atoms. The predicted molar refractivity (Wildman–Crippen MR) is 79.0 cm³/mol. The summed E-state index contributed by atoms with van der Waals surface area (Å²) in [4.78, 5) is 11.9. The number of rotatable bonds is 6. The highest BCUT2D eigenvalue weighted by atomic mass is 32.2. The number of nitrogens with one attached hydrogen (secondary N) is 1. The Morgan fingerprint density at radius 3 is 2.35 bits per heavy atom. The molecule has 0 atom stereocenters. The van der Waals surface area contributed by atoms with E-state index in [0.29, 0.717) is 5.69 Å². The van der Waals surface area contributed by atoms with Crippen molar-refractivity contribution in [3.63, 3.8) is 0 Å². The third-order valence-corrected chi connectivity index (χ3v) is 4.60. The lowest BCUT2D eigenvalue weighted by molar-refractivity contribution is -0.116. The fourth-order valence-corrected chi connectivity index (χ4v) is 3.15. The molecule has 1 amide bonds. The Kier molecular flexibility index (Phi) is 4.45. The molecule has 0 aliphatic heterocycles. The lowest BCUT2D eigenvalue weighted by Crippen LogP contribution is -2.38. The molecule has 0 aromatic heterocycles. The van der Waals surface area contributed by atoms with Gasteiger partial charge in [0.05, 0.1) is 12.8 Å². The van der Waals surface area contributed by atoms with Crippen LogP contribution in [-0.2, 0) is 21.2 Å². The summed E-state index contributed by atoms with van der Waals surface area (Å²) in [7, 11) is -3.33. The molecular formula is C14H20N2O3S. The van der Waals surface area contributed by atoms with Crippen LogP contribution in [0.3, 0.4) is 0 Å². The molecule has 110 valence electrons. The van der Waals surface area contributed by atoms with Gasteiger partial charge in [0.2, 0.25) is 15.9 Å². The average Bonchev–Trinajstić information content (AvgIpc) is 3.20. The third kappa shape index (κ3) is 4.05. The number of sulfonamides is 1. The van der Waals surface area contributed by atoms with Gasteiger partial charge in [0.25, 0.3) is 0 Å². The van der Waals surface area contributed by atoms with Gasteiger partial charge in [-0.1, -0.05) is 19.1 Å². The largest absolute Gasteiger partial charge is 0.325 e. The standard InChI is InChI=1S/C14H20N2O3S/c1-3-11-4-6-12(7-5-11)15-14(17)10-16(13-8-9-13)20(2,18)19/h4-7,13H,3,8-10H2,1-2H3,(H,15,17). The van der Waals surface area contributed by atoms with Gasteiger partial charge in [-0.3, -0.25) is 4.79 Å². The van der Waals surface area contributed by atoms with E-state index in [-0.39, 0.29) is 18.5 Å². The first kappa shape index (κ1) is 15.0. The maximum atomic E-state index is 11.9. The van der Waals surface area contributed by atoms with Crippen LogP contribution in [0.1, 0.15) is 25.3 Å². The third-order valence-electron chi connectivity index (χ3n) is 3.33. The Balaban J connectivity index is 1.97. The quantitative estimate of drug-likeness (QED) is 0.867. The molecule has 1 aliphatic rings. The lowest BCUT2D eigenvalue weighted by Gasteiger charge is -2.18. The van der Waals surface area contributed by atoms with Gasteiger partial charge in [0.1, 0.15) is 0 Å². The van der Waals surface area contributed by atoms with Crippen LogP contribution in [-0.4, -0.2) is 37.5 Å². The molecule has 0 radical (unpaired) electrons. The van der Waals surface area contributed by atoms with E-state index in [9.17, 15) is 13.2 Å². The highest BCUT2D eigenvalue weighted by Gasteiger charge is 2.36. The molecule has 1 aromatic carbocycles. The maximum absolute atomic E-state index is 11.9. The zero-order chi connectivity index (χ0) is 14.8. The molecule has 1 N–H and O–H groups in total. The van der Waals surface area contributed by atoms with E-state index in [2.05, 4.69) is 12.2 Å². The topological polar surface area (TPSA) is 66.5 Å². The second-order valence-electron chi connectivity index (χ2n) is 5.14. The van der Waals surface area contributed by atoms with Crippen molar-refractivity contribution in [3.8, 4) is 0 Å². The summed E-state index contributed by atoms with van der Waals surface area (Å²) in [6.07, 6.45) is 3.77. The summed E-state index contributed by atoms with van der Waals surface area (Å²) < 4.78 is 24.5. The van der Waals surface area contributed by atoms with Crippen molar-refractivity contribution in [2.24, 2.45) is 0 Å². The first-order valence-electron chi connectivity index (χ1n) is 6.75. The summed E-state index contributed by atoms with van der Waals surface area (Å²) in [5, 5.41) is 2.73. The molecule has 2 rings (SSSR count). The van der Waals surface area contributed by atoms with Crippen LogP contribution in [0.15, 0.2) is 24.3 Å². The predicted octanol–water partition coefficient (Wildman–Crippen LogP) is 1.61. The summed E-state index contributed by atoms with van der Waals surface area (Å²) >= 11 is 0. The Bertz CT molecular complexity index is 577. The molecular weight excluding hydrogens is 276 g/mol. The number of anilines is 1. The molecule has 0 bridgehead atoms. The minimum atomic E-state index is -3.33. The number of nitrogens with zero attached hydrogens (tertiary/aromatic N) is 1. The van der Waals surface area contributed by atoms with Crippen molar-refractivity contribution in [2.45, 2.75) is 32.2 Å². The molecule has 0 spiro atoms. The van der Waals surface area contributed by atoms with Gasteiger partial charge in [-0.2, -0.15) is 4.31 Å². The summed E-state index contributed by atoms with van der Waals surface area (Å²) in [5.74, 6) is -0.299. The number of carbonyl (C=O) groups is 1. The summed E-state index contributed by atoms with van der Waals surface area (Å²) in [6.45, 7) is 1.95. The van der Waals surface area contributed by atoms with E-state index in [1.54, 1.807) is 0 Å². The Hall–Kier alpha value is -1.40. The summed E-state index contributed by atoms with van der Waals surface area (Å²) in [5.41, 5.74) is 1.88. The molecule has 1 aliphatic carbocycles. The monoisotopic (exact) mass is 296 g/mol. The van der Waals surface area contributed by atoms with E-state index in [1.165, 1.54) is 9.87 Å². The lowest BCUT2D eigenvalue weighted by atomic mass is 10.1. The molecule has 6 heteroatoms. The fourth-order valence-electron chi connectivity index (χ4n) is 2.05. The fraction of sp³-hybridized carbons (Fsp3) is 0.500. The number of hydrogen-bond donors (Lipinski definition) is 1. The normalized spacial score (nSPS) is 15.3. The van der Waals surface area contributed by atoms with Crippen LogP contribution in [0.2, 0.25) is 0 Å². The van der Waals surface area contributed by atoms with Crippen molar-refractivity contribution < 1.29 is 13.2 Å². The molecule has 0 saturated heterocycles. The van der Waals surface area contributed by atoms with Crippen molar-refractivity contribution in [1.29, 1.82) is 0 Å². The smallest absolute Gasteiger partial charge is 0.239 e. The van der Waals surface area contributed by atoms with Gasteiger partial charge in [-0.15, -0.1) is 0 Å². The number of benzene rings is 1. The Labute approximate surface area is 120 Å². The number of amides is 1. The van der Waals surface area contributed by atoms with E-state index in [1.807, 2.05) is 24.3 Å². The van der Waals surface area contributed by atoms with Gasteiger partial charge in [0, 0.05) is 11.7 Å². The van der Waals surface area contributed by atoms with Gasteiger partial charge < -0.3 is 5.32 Å². The minimum absolute atomic E-state index is 0.00165. The SMILES string of the molecule is CCc1ccc(NC(=O)CN(C2CC2)S(C)(=O)=O)cc1. The van der Waals surface area contributed by atoms with Crippen molar-refractivity contribution in [2.75, 3.05) is 18.1 Å². The van der Waals surface area contributed by atoms with Crippen LogP contribution < -0.4 is 5.32 Å². The molecule has 5 nitrogen and oxygen atoms in total. The van der Waals surface area contributed by atoms with Crippen molar-refractivity contribution in [1.82, 2.24) is 4.31 Å². The van der Waals surface area contributed by atoms with Crippen molar-refractivity contribution in [3.05, 3.63) is 29.8 Å². The zero-order valence-electron chi connectivity index (χ0n) is 11.8. The van der Waals surface area contributed by atoms with E-state index < -0.39 is 10.0 Å². The van der Waals surface area contributed by atoms with Crippen LogP contribution in [0.5, 0.6) is 0 Å². The van der Waals surface area contributed by atoms with Crippen molar-refractivity contribution >= 4 is 21.6 Å². The second kappa shape index (κ2) is 5.93. The van der Waals surface area contributed by atoms with Gasteiger partial charge in [-0.25, -0.2) is 8.42 Å². The molecule has 1 aromatic rings. The summed E-state index contributed by atoms with van der Waals surface area (Å²) in [6, 6.07) is 7.56. The Morgan fingerprint density at radius 1 is 1.30 bits per heavy atom. The molecule has 0 unspecified atom stereocenters. The van der Waals surface area contributed by atoms with Crippen LogP contribution in [0.4, 0.5) is 5.69 Å². The van der Waals surface area contributed by atoms with Crippen LogP contribution >= 0.6 is 0 Å².